The number of halogens is 1. The quantitative estimate of drug-likeness (QED) is 0.742. The van der Waals surface area contributed by atoms with E-state index in [0.29, 0.717) is 8.88 Å². The van der Waals surface area contributed by atoms with E-state index in [4.69, 9.17) is 0 Å². The molecule has 0 bridgehead atoms. The van der Waals surface area contributed by atoms with Crippen LogP contribution in [0.15, 0.2) is 8.71 Å². The third-order valence-corrected chi connectivity index (χ3v) is 4.00. The Bertz CT molecular complexity index is 589. The average molecular weight is 286 g/mol. The summed E-state index contributed by atoms with van der Waals surface area (Å²) in [5, 5.41) is 4.10. The summed E-state index contributed by atoms with van der Waals surface area (Å²) in [5.74, 6) is 0. The van der Waals surface area contributed by atoms with Gasteiger partial charge in [0.15, 0.2) is 3.92 Å². The van der Waals surface area contributed by atoms with Crippen molar-refractivity contribution in [2.45, 2.75) is 25.7 Å². The van der Waals surface area contributed by atoms with Crippen LogP contribution in [0.3, 0.4) is 0 Å². The number of nitrogens with zero attached hydrogens (tertiary/aromatic N) is 3. The van der Waals surface area contributed by atoms with Gasteiger partial charge in [-0.25, -0.2) is 4.98 Å². The van der Waals surface area contributed by atoms with E-state index in [1.165, 1.54) is 15.9 Å². The van der Waals surface area contributed by atoms with Gasteiger partial charge in [-0.1, -0.05) is 11.3 Å². The normalized spacial score (nSPS) is 15.5. The van der Waals surface area contributed by atoms with Crippen LogP contribution in [-0.4, -0.2) is 14.6 Å². The summed E-state index contributed by atoms with van der Waals surface area (Å²) in [6, 6.07) is 0. The second-order valence-electron chi connectivity index (χ2n) is 3.60. The molecule has 0 N–H and O–H groups in total. The summed E-state index contributed by atoms with van der Waals surface area (Å²) in [4.78, 5) is 17.2. The molecule has 4 nitrogen and oxygen atoms in total. The van der Waals surface area contributed by atoms with Crippen molar-refractivity contribution in [2.24, 2.45) is 0 Å². The van der Waals surface area contributed by atoms with Crippen molar-refractivity contribution < 1.29 is 0 Å². The Labute approximate surface area is 98.1 Å². The number of hydrogen-bond acceptors (Lipinski definition) is 4. The van der Waals surface area contributed by atoms with Crippen molar-refractivity contribution in [1.29, 1.82) is 0 Å². The molecule has 2 aromatic heterocycles. The Morgan fingerprint density at radius 2 is 2.13 bits per heavy atom. The molecule has 0 amide bonds. The molecule has 2 aromatic rings. The number of fused-ring (bicyclic) bond motifs is 2. The summed E-state index contributed by atoms with van der Waals surface area (Å²) >= 11 is 4.67. The Morgan fingerprint density at radius 3 is 3.00 bits per heavy atom. The summed E-state index contributed by atoms with van der Waals surface area (Å²) in [6.45, 7) is 0. The van der Waals surface area contributed by atoms with Crippen LogP contribution in [0.4, 0.5) is 0 Å². The minimum atomic E-state index is 0.0108. The van der Waals surface area contributed by atoms with E-state index in [0.717, 1.165) is 36.9 Å². The molecule has 0 spiro atoms. The van der Waals surface area contributed by atoms with Crippen molar-refractivity contribution in [3.05, 3.63) is 25.5 Å². The first-order chi connectivity index (χ1) is 7.25. The zero-order chi connectivity index (χ0) is 10.4. The number of aryl methyl sites for hydroxylation is 1. The molecule has 0 unspecified atom stereocenters. The molecule has 0 atom stereocenters. The van der Waals surface area contributed by atoms with Gasteiger partial charge in [0.25, 0.3) is 5.56 Å². The van der Waals surface area contributed by atoms with Crippen molar-refractivity contribution in [3.63, 3.8) is 0 Å². The molecule has 1 aliphatic carbocycles. The van der Waals surface area contributed by atoms with Crippen LogP contribution < -0.4 is 5.56 Å². The molecule has 6 heteroatoms. The third kappa shape index (κ3) is 1.43. The summed E-state index contributed by atoms with van der Waals surface area (Å²) in [7, 11) is 0. The van der Waals surface area contributed by atoms with Gasteiger partial charge in [-0.15, -0.1) is 5.10 Å². The summed E-state index contributed by atoms with van der Waals surface area (Å²) in [5.41, 5.74) is 1.84. The SMILES string of the molecule is O=c1c2c(nc3sc(Br)nn13)CCCC2. The van der Waals surface area contributed by atoms with E-state index in [1.54, 1.807) is 0 Å². The largest absolute Gasteiger partial charge is 0.278 e. The van der Waals surface area contributed by atoms with Gasteiger partial charge in [-0.05, 0) is 41.6 Å². The van der Waals surface area contributed by atoms with Crippen molar-refractivity contribution in [2.75, 3.05) is 0 Å². The Hall–Kier alpha value is -0.750. The van der Waals surface area contributed by atoms with E-state index >= 15 is 0 Å². The first-order valence-corrected chi connectivity index (χ1v) is 6.44. The van der Waals surface area contributed by atoms with Crippen LogP contribution in [0.2, 0.25) is 0 Å². The van der Waals surface area contributed by atoms with Gasteiger partial charge < -0.3 is 0 Å². The highest BCUT2D eigenvalue weighted by Crippen LogP contribution is 2.21. The molecule has 0 saturated carbocycles. The number of rotatable bonds is 0. The fourth-order valence-corrected chi connectivity index (χ4v) is 3.18. The highest BCUT2D eigenvalue weighted by molar-refractivity contribution is 9.11. The monoisotopic (exact) mass is 285 g/mol. The van der Waals surface area contributed by atoms with Gasteiger partial charge in [0, 0.05) is 5.56 Å². The molecule has 78 valence electrons. The maximum Gasteiger partial charge on any atom is 0.278 e. The van der Waals surface area contributed by atoms with E-state index in [2.05, 4.69) is 26.0 Å². The van der Waals surface area contributed by atoms with Crippen LogP contribution in [0.25, 0.3) is 4.96 Å². The lowest BCUT2D eigenvalue weighted by molar-refractivity contribution is 0.651. The highest BCUT2D eigenvalue weighted by atomic mass is 79.9. The van der Waals surface area contributed by atoms with Gasteiger partial charge in [-0.2, -0.15) is 4.52 Å². The standard InChI is InChI=1S/C9H8BrN3OS/c10-8-12-13-7(14)5-3-1-2-4-6(5)11-9(13)15-8/h1-4H2. The molecule has 0 radical (unpaired) electrons. The zero-order valence-corrected chi connectivity index (χ0v) is 10.3. The maximum absolute atomic E-state index is 12.0. The van der Waals surface area contributed by atoms with Gasteiger partial charge in [0.05, 0.1) is 5.69 Å². The second-order valence-corrected chi connectivity index (χ2v) is 5.83. The van der Waals surface area contributed by atoms with Gasteiger partial charge in [-0.3, -0.25) is 4.79 Å². The van der Waals surface area contributed by atoms with Gasteiger partial charge in [0.2, 0.25) is 4.96 Å². The lowest BCUT2D eigenvalue weighted by atomic mass is 9.97. The highest BCUT2D eigenvalue weighted by Gasteiger charge is 2.18. The lowest BCUT2D eigenvalue weighted by Crippen LogP contribution is -2.24. The molecule has 0 saturated heterocycles. The molecule has 3 rings (SSSR count). The predicted molar refractivity (Wildman–Crippen MR) is 61.5 cm³/mol. The van der Waals surface area contributed by atoms with E-state index in [1.807, 2.05) is 0 Å². The van der Waals surface area contributed by atoms with E-state index in [9.17, 15) is 4.79 Å². The van der Waals surface area contributed by atoms with Crippen molar-refractivity contribution >= 4 is 32.2 Å². The van der Waals surface area contributed by atoms with Crippen LogP contribution in [0.1, 0.15) is 24.1 Å². The average Bonchev–Trinajstić information content (AvgIpc) is 2.59. The van der Waals surface area contributed by atoms with Crippen LogP contribution in [0.5, 0.6) is 0 Å². The van der Waals surface area contributed by atoms with Gasteiger partial charge >= 0.3 is 0 Å². The minimum Gasteiger partial charge on any atom is -0.267 e. The lowest BCUT2D eigenvalue weighted by Gasteiger charge is -2.12. The predicted octanol–water partition coefficient (Wildman–Crippen LogP) is 1.79. The fourth-order valence-electron chi connectivity index (χ4n) is 1.95. The number of aromatic nitrogens is 3. The zero-order valence-electron chi connectivity index (χ0n) is 7.86. The topological polar surface area (TPSA) is 47.3 Å². The first kappa shape index (κ1) is 9.47. The third-order valence-electron chi connectivity index (χ3n) is 2.66. The van der Waals surface area contributed by atoms with Crippen molar-refractivity contribution in [3.8, 4) is 0 Å². The van der Waals surface area contributed by atoms with Crippen LogP contribution >= 0.6 is 27.3 Å². The van der Waals surface area contributed by atoms with E-state index < -0.39 is 0 Å². The fraction of sp³-hybridized carbons (Fsp3) is 0.444. The minimum absolute atomic E-state index is 0.0108. The molecule has 0 aromatic carbocycles. The first-order valence-electron chi connectivity index (χ1n) is 4.83. The number of hydrogen-bond donors (Lipinski definition) is 0. The summed E-state index contributed by atoms with van der Waals surface area (Å²) in [6.07, 6.45) is 3.99. The maximum atomic E-state index is 12.0. The molecule has 0 aliphatic heterocycles. The van der Waals surface area contributed by atoms with Crippen LogP contribution in [0, 0.1) is 0 Å². The van der Waals surface area contributed by atoms with Crippen LogP contribution in [-0.2, 0) is 12.8 Å². The second kappa shape index (κ2) is 3.38. The van der Waals surface area contributed by atoms with E-state index in [-0.39, 0.29) is 5.56 Å². The molecule has 0 fully saturated rings. The van der Waals surface area contributed by atoms with Gasteiger partial charge in [0.1, 0.15) is 0 Å². The molecule has 2 heterocycles. The summed E-state index contributed by atoms with van der Waals surface area (Å²) < 4.78 is 2.10. The Balaban J connectivity index is 2.40. The molecular weight excluding hydrogens is 278 g/mol. The smallest absolute Gasteiger partial charge is 0.267 e. The molecular formula is C9H8BrN3OS. The Kier molecular flexibility index (Phi) is 2.14. The molecule has 15 heavy (non-hydrogen) atoms. The molecule has 1 aliphatic rings. The van der Waals surface area contributed by atoms with Crippen molar-refractivity contribution in [1.82, 2.24) is 14.6 Å². The Morgan fingerprint density at radius 1 is 1.33 bits per heavy atom.